The molecule has 0 saturated carbocycles. The third-order valence-corrected chi connectivity index (χ3v) is 2.44. The smallest absolute Gasteiger partial charge is 0.236 e. The van der Waals surface area contributed by atoms with Gasteiger partial charge < -0.3 is 10.6 Å². The number of aromatic nitrogens is 1. The minimum absolute atomic E-state index is 0.0415. The zero-order valence-corrected chi connectivity index (χ0v) is 9.51. The van der Waals surface area contributed by atoms with Gasteiger partial charge in [-0.3, -0.25) is 9.78 Å². The molecule has 0 spiro atoms. The number of hydrogen-bond acceptors (Lipinski definition) is 3. The van der Waals surface area contributed by atoms with Gasteiger partial charge in [0.15, 0.2) is 0 Å². The molecule has 0 aliphatic carbocycles. The number of hydrogen-bond donors (Lipinski definition) is 2. The van der Waals surface area contributed by atoms with Gasteiger partial charge in [0.2, 0.25) is 5.91 Å². The molecule has 1 heterocycles. The van der Waals surface area contributed by atoms with Crippen LogP contribution in [-0.2, 0) is 11.3 Å². The van der Waals surface area contributed by atoms with Crippen molar-refractivity contribution in [2.45, 2.75) is 19.5 Å². The highest BCUT2D eigenvalue weighted by Crippen LogP contribution is 2.12. The Hall–Kier alpha value is -1.13. The van der Waals surface area contributed by atoms with Crippen LogP contribution in [0.5, 0.6) is 0 Å². The van der Waals surface area contributed by atoms with Crippen molar-refractivity contribution in [1.82, 2.24) is 15.6 Å². The van der Waals surface area contributed by atoms with Crippen molar-refractivity contribution in [3.05, 3.63) is 29.0 Å². The van der Waals surface area contributed by atoms with Crippen molar-refractivity contribution < 1.29 is 4.79 Å². The van der Waals surface area contributed by atoms with Gasteiger partial charge in [0, 0.05) is 26.0 Å². The first-order valence-electron chi connectivity index (χ1n) is 4.68. The van der Waals surface area contributed by atoms with E-state index in [4.69, 9.17) is 11.6 Å². The second-order valence-electron chi connectivity index (χ2n) is 3.18. The minimum Gasteiger partial charge on any atom is -0.358 e. The van der Waals surface area contributed by atoms with E-state index < -0.39 is 0 Å². The number of halogens is 1. The summed E-state index contributed by atoms with van der Waals surface area (Å²) in [6.45, 7) is 2.35. The molecule has 15 heavy (non-hydrogen) atoms. The molecular formula is C10H14ClN3O. The Balaban J connectivity index is 2.50. The van der Waals surface area contributed by atoms with E-state index in [1.54, 1.807) is 26.4 Å². The topological polar surface area (TPSA) is 54.0 Å². The number of carbonyl (C=O) groups excluding carboxylic acids is 1. The third-order valence-electron chi connectivity index (χ3n) is 2.09. The summed E-state index contributed by atoms with van der Waals surface area (Å²) in [5.74, 6) is -0.0415. The zero-order chi connectivity index (χ0) is 11.3. The molecule has 1 rings (SSSR count). The lowest BCUT2D eigenvalue weighted by Crippen LogP contribution is -2.40. The second kappa shape index (κ2) is 5.68. The van der Waals surface area contributed by atoms with Crippen molar-refractivity contribution in [3.63, 3.8) is 0 Å². The Bertz CT molecular complexity index is 343. The summed E-state index contributed by atoms with van der Waals surface area (Å²) in [6.07, 6.45) is 3.26. The van der Waals surface area contributed by atoms with E-state index >= 15 is 0 Å². The molecule has 2 N–H and O–H groups in total. The molecule has 0 radical (unpaired) electrons. The van der Waals surface area contributed by atoms with Gasteiger partial charge in [-0.1, -0.05) is 11.6 Å². The van der Waals surface area contributed by atoms with Gasteiger partial charge in [0.25, 0.3) is 0 Å². The SMILES string of the molecule is CNC(=O)C(C)NCc1ccncc1Cl. The van der Waals surface area contributed by atoms with Gasteiger partial charge >= 0.3 is 0 Å². The molecule has 1 aromatic heterocycles. The number of likely N-dealkylation sites (N-methyl/N-ethyl adjacent to an activating group) is 1. The van der Waals surface area contributed by atoms with Crippen molar-refractivity contribution >= 4 is 17.5 Å². The van der Waals surface area contributed by atoms with Crippen molar-refractivity contribution in [2.75, 3.05) is 7.05 Å². The van der Waals surface area contributed by atoms with Gasteiger partial charge in [-0.05, 0) is 18.6 Å². The molecule has 5 heteroatoms. The molecular weight excluding hydrogens is 214 g/mol. The first kappa shape index (κ1) is 11.9. The lowest BCUT2D eigenvalue weighted by molar-refractivity contribution is -0.122. The maximum absolute atomic E-state index is 11.2. The normalized spacial score (nSPS) is 12.2. The van der Waals surface area contributed by atoms with Gasteiger partial charge in [0.05, 0.1) is 11.1 Å². The maximum atomic E-state index is 11.2. The first-order chi connectivity index (χ1) is 7.15. The summed E-state index contributed by atoms with van der Waals surface area (Å²) in [5.41, 5.74) is 0.933. The number of nitrogens with zero attached hydrogens (tertiary/aromatic N) is 1. The highest BCUT2D eigenvalue weighted by atomic mass is 35.5. The van der Waals surface area contributed by atoms with Crippen LogP contribution in [-0.4, -0.2) is 24.0 Å². The second-order valence-corrected chi connectivity index (χ2v) is 3.59. The van der Waals surface area contributed by atoms with E-state index in [1.165, 1.54) is 0 Å². The van der Waals surface area contributed by atoms with Crippen LogP contribution in [0.1, 0.15) is 12.5 Å². The quantitative estimate of drug-likeness (QED) is 0.806. The van der Waals surface area contributed by atoms with Crippen LogP contribution < -0.4 is 10.6 Å². The molecule has 1 atom stereocenters. The number of amides is 1. The van der Waals surface area contributed by atoms with E-state index in [2.05, 4.69) is 15.6 Å². The Morgan fingerprint density at radius 2 is 2.40 bits per heavy atom. The summed E-state index contributed by atoms with van der Waals surface area (Å²) < 4.78 is 0. The van der Waals surface area contributed by atoms with Gasteiger partial charge in [-0.2, -0.15) is 0 Å². The number of nitrogens with one attached hydrogen (secondary N) is 2. The average molecular weight is 228 g/mol. The fourth-order valence-corrected chi connectivity index (χ4v) is 1.31. The van der Waals surface area contributed by atoms with E-state index in [9.17, 15) is 4.79 Å². The predicted octanol–water partition coefficient (Wildman–Crippen LogP) is 0.959. The van der Waals surface area contributed by atoms with E-state index in [1.807, 2.05) is 6.07 Å². The van der Waals surface area contributed by atoms with Gasteiger partial charge in [-0.25, -0.2) is 0 Å². The molecule has 1 aromatic rings. The number of rotatable bonds is 4. The molecule has 0 aliphatic rings. The molecule has 0 aliphatic heterocycles. The summed E-state index contributed by atoms with van der Waals surface area (Å²) in [5, 5.41) is 6.24. The third kappa shape index (κ3) is 3.49. The molecule has 0 aromatic carbocycles. The zero-order valence-electron chi connectivity index (χ0n) is 8.75. The maximum Gasteiger partial charge on any atom is 0.236 e. The van der Waals surface area contributed by atoms with Crippen molar-refractivity contribution in [1.29, 1.82) is 0 Å². The lowest BCUT2D eigenvalue weighted by atomic mass is 10.2. The lowest BCUT2D eigenvalue weighted by Gasteiger charge is -2.12. The summed E-state index contributed by atoms with van der Waals surface area (Å²) in [7, 11) is 1.61. The molecule has 0 fully saturated rings. The average Bonchev–Trinajstić information content (AvgIpc) is 2.26. The largest absolute Gasteiger partial charge is 0.358 e. The van der Waals surface area contributed by atoms with Gasteiger partial charge in [-0.15, -0.1) is 0 Å². The Labute approximate surface area is 94.0 Å². The van der Waals surface area contributed by atoms with E-state index in [-0.39, 0.29) is 11.9 Å². The van der Waals surface area contributed by atoms with Crippen LogP contribution in [0, 0.1) is 0 Å². The van der Waals surface area contributed by atoms with Crippen molar-refractivity contribution in [3.8, 4) is 0 Å². The summed E-state index contributed by atoms with van der Waals surface area (Å²) in [6, 6.07) is 1.59. The molecule has 0 bridgehead atoms. The van der Waals surface area contributed by atoms with Gasteiger partial charge in [0.1, 0.15) is 0 Å². The van der Waals surface area contributed by atoms with Crippen LogP contribution in [0.15, 0.2) is 18.5 Å². The van der Waals surface area contributed by atoms with E-state index in [0.717, 1.165) is 5.56 Å². The Kier molecular flexibility index (Phi) is 4.52. The molecule has 4 nitrogen and oxygen atoms in total. The van der Waals surface area contributed by atoms with Crippen LogP contribution >= 0.6 is 11.6 Å². The highest BCUT2D eigenvalue weighted by Gasteiger charge is 2.10. The molecule has 82 valence electrons. The van der Waals surface area contributed by atoms with Crippen LogP contribution in [0.3, 0.4) is 0 Å². The monoisotopic (exact) mass is 227 g/mol. The Morgan fingerprint density at radius 1 is 1.67 bits per heavy atom. The fourth-order valence-electron chi connectivity index (χ4n) is 1.12. The van der Waals surface area contributed by atoms with Crippen LogP contribution in [0.2, 0.25) is 5.02 Å². The highest BCUT2D eigenvalue weighted by molar-refractivity contribution is 6.31. The number of carbonyl (C=O) groups is 1. The number of pyridine rings is 1. The Morgan fingerprint density at radius 3 is 3.00 bits per heavy atom. The standard InChI is InChI=1S/C10H14ClN3O/c1-7(10(15)12-2)14-5-8-3-4-13-6-9(8)11/h3-4,6-7,14H,5H2,1-2H3,(H,12,15). The van der Waals surface area contributed by atoms with Crippen molar-refractivity contribution in [2.24, 2.45) is 0 Å². The van der Waals surface area contributed by atoms with E-state index in [0.29, 0.717) is 11.6 Å². The minimum atomic E-state index is -0.237. The predicted molar refractivity (Wildman–Crippen MR) is 59.6 cm³/mol. The van der Waals surface area contributed by atoms with Crippen LogP contribution in [0.25, 0.3) is 0 Å². The summed E-state index contributed by atoms with van der Waals surface area (Å²) >= 11 is 5.92. The summed E-state index contributed by atoms with van der Waals surface area (Å²) in [4.78, 5) is 15.1. The molecule has 1 unspecified atom stereocenters. The fraction of sp³-hybridized carbons (Fsp3) is 0.400. The molecule has 0 saturated heterocycles. The van der Waals surface area contributed by atoms with Crippen LogP contribution in [0.4, 0.5) is 0 Å². The molecule has 1 amide bonds. The first-order valence-corrected chi connectivity index (χ1v) is 5.06.